The molecule has 0 saturated carbocycles. The zero-order valence-electron chi connectivity index (χ0n) is 20.2. The van der Waals surface area contributed by atoms with Crippen LogP contribution in [0.1, 0.15) is 60.4 Å². The smallest absolute Gasteiger partial charge is 0.409 e. The SMILES string of the molecule is Cc1ccc2c(c1)Oc1cc(C)ccc1C2NC(=O)C1CC(C2=CCCCC2)C(C(F)(F)F)NC1=O. The van der Waals surface area contributed by atoms with Gasteiger partial charge >= 0.3 is 6.18 Å². The number of carbonyl (C=O) groups excluding carboxylic acids is 2. The quantitative estimate of drug-likeness (QED) is 0.415. The molecular formula is C28H29F3N2O3. The highest BCUT2D eigenvalue weighted by atomic mass is 19.4. The van der Waals surface area contributed by atoms with E-state index in [0.717, 1.165) is 41.5 Å². The van der Waals surface area contributed by atoms with Gasteiger partial charge in [0.1, 0.15) is 23.5 Å². The summed E-state index contributed by atoms with van der Waals surface area (Å²) >= 11 is 0. The summed E-state index contributed by atoms with van der Waals surface area (Å²) < 4.78 is 47.7. The minimum atomic E-state index is -4.59. The molecule has 0 aromatic heterocycles. The van der Waals surface area contributed by atoms with Gasteiger partial charge in [0.05, 0.1) is 6.04 Å². The van der Waals surface area contributed by atoms with E-state index in [-0.39, 0.29) is 6.42 Å². The summed E-state index contributed by atoms with van der Waals surface area (Å²) in [6.45, 7) is 3.87. The van der Waals surface area contributed by atoms with E-state index >= 15 is 0 Å². The van der Waals surface area contributed by atoms with Crippen molar-refractivity contribution < 1.29 is 27.5 Å². The number of alkyl halides is 3. The van der Waals surface area contributed by atoms with E-state index in [2.05, 4.69) is 10.6 Å². The van der Waals surface area contributed by atoms with Crippen molar-refractivity contribution in [3.63, 3.8) is 0 Å². The number of carbonyl (C=O) groups is 2. The number of rotatable bonds is 3. The topological polar surface area (TPSA) is 67.4 Å². The maximum Gasteiger partial charge on any atom is 0.409 e. The van der Waals surface area contributed by atoms with Crippen LogP contribution in [0.15, 0.2) is 48.0 Å². The average Bonchev–Trinajstić information content (AvgIpc) is 2.83. The molecule has 190 valence electrons. The first-order chi connectivity index (χ1) is 17.1. The molecule has 2 aromatic rings. The predicted octanol–water partition coefficient (Wildman–Crippen LogP) is 5.80. The molecule has 36 heavy (non-hydrogen) atoms. The number of nitrogens with one attached hydrogen (secondary N) is 2. The second kappa shape index (κ2) is 9.30. The van der Waals surface area contributed by atoms with Crippen LogP contribution in [0, 0.1) is 25.7 Å². The van der Waals surface area contributed by atoms with Gasteiger partial charge in [-0.05, 0) is 69.2 Å². The van der Waals surface area contributed by atoms with Crippen molar-refractivity contribution in [3.8, 4) is 11.5 Å². The Morgan fingerprint density at radius 2 is 1.67 bits per heavy atom. The first-order valence-electron chi connectivity index (χ1n) is 12.4. The van der Waals surface area contributed by atoms with E-state index in [1.807, 2.05) is 56.3 Å². The number of hydrogen-bond acceptors (Lipinski definition) is 3. The van der Waals surface area contributed by atoms with Crippen LogP contribution in [0.25, 0.3) is 0 Å². The first kappa shape index (κ1) is 24.4. The summed E-state index contributed by atoms with van der Waals surface area (Å²) in [5.41, 5.74) is 4.14. The van der Waals surface area contributed by atoms with E-state index in [1.54, 1.807) is 0 Å². The lowest BCUT2D eigenvalue weighted by Crippen LogP contribution is -2.59. The maximum absolute atomic E-state index is 13.9. The fourth-order valence-corrected chi connectivity index (χ4v) is 5.57. The highest BCUT2D eigenvalue weighted by Gasteiger charge is 2.52. The molecule has 1 fully saturated rings. The first-order valence-corrected chi connectivity index (χ1v) is 12.4. The van der Waals surface area contributed by atoms with Gasteiger partial charge in [-0.3, -0.25) is 9.59 Å². The van der Waals surface area contributed by atoms with Crippen LogP contribution >= 0.6 is 0 Å². The summed E-state index contributed by atoms with van der Waals surface area (Å²) in [4.78, 5) is 26.3. The Kier molecular flexibility index (Phi) is 6.30. The van der Waals surface area contributed by atoms with Gasteiger partial charge in [0.25, 0.3) is 0 Å². The molecular weight excluding hydrogens is 469 g/mol. The van der Waals surface area contributed by atoms with Crippen molar-refractivity contribution in [3.05, 3.63) is 70.3 Å². The fourth-order valence-electron chi connectivity index (χ4n) is 5.57. The summed E-state index contributed by atoms with van der Waals surface area (Å²) in [6, 6.07) is 8.76. The zero-order chi connectivity index (χ0) is 25.6. The number of halogens is 3. The lowest BCUT2D eigenvalue weighted by atomic mass is 9.75. The molecule has 5 nitrogen and oxygen atoms in total. The highest BCUT2D eigenvalue weighted by molar-refractivity contribution is 6.01. The van der Waals surface area contributed by atoms with Gasteiger partial charge in [-0.25, -0.2) is 0 Å². The number of benzene rings is 2. The van der Waals surface area contributed by atoms with E-state index < -0.39 is 41.9 Å². The van der Waals surface area contributed by atoms with Gasteiger partial charge in [0.2, 0.25) is 11.8 Å². The molecule has 5 rings (SSSR count). The maximum atomic E-state index is 13.9. The summed E-state index contributed by atoms with van der Waals surface area (Å²) in [5.74, 6) is -2.43. The molecule has 3 atom stereocenters. The number of ether oxygens (including phenoxy) is 1. The van der Waals surface area contributed by atoms with Crippen LogP contribution < -0.4 is 15.4 Å². The summed E-state index contributed by atoms with van der Waals surface area (Å²) in [6.07, 6.45) is 0.120. The van der Waals surface area contributed by atoms with Gasteiger partial charge in [-0.1, -0.05) is 35.9 Å². The zero-order valence-corrected chi connectivity index (χ0v) is 20.2. The Balaban J connectivity index is 1.45. The van der Waals surface area contributed by atoms with Crippen molar-refractivity contribution in [1.82, 2.24) is 10.6 Å². The molecule has 3 unspecified atom stereocenters. The van der Waals surface area contributed by atoms with Crippen molar-refractivity contribution in [2.24, 2.45) is 11.8 Å². The normalized spacial score (nSPS) is 24.1. The Morgan fingerprint density at radius 3 is 2.22 bits per heavy atom. The summed E-state index contributed by atoms with van der Waals surface area (Å²) in [7, 11) is 0. The van der Waals surface area contributed by atoms with Crippen LogP contribution in [0.4, 0.5) is 13.2 Å². The lowest BCUT2D eigenvalue weighted by Gasteiger charge is -2.39. The van der Waals surface area contributed by atoms with Gasteiger partial charge in [-0.15, -0.1) is 0 Å². The third-order valence-corrected chi connectivity index (χ3v) is 7.44. The Labute approximate surface area is 208 Å². The third-order valence-electron chi connectivity index (χ3n) is 7.44. The van der Waals surface area contributed by atoms with Gasteiger partial charge in [-0.2, -0.15) is 13.2 Å². The lowest BCUT2D eigenvalue weighted by molar-refractivity contribution is -0.179. The van der Waals surface area contributed by atoms with Crippen LogP contribution in [0.2, 0.25) is 0 Å². The molecule has 2 N–H and O–H groups in total. The summed E-state index contributed by atoms with van der Waals surface area (Å²) in [5, 5.41) is 5.10. The number of aryl methyl sites for hydroxylation is 2. The van der Waals surface area contributed by atoms with Crippen molar-refractivity contribution in [2.75, 3.05) is 0 Å². The van der Waals surface area contributed by atoms with Gasteiger partial charge in [0.15, 0.2) is 0 Å². The second-order valence-electron chi connectivity index (χ2n) is 10.1. The largest absolute Gasteiger partial charge is 0.457 e. The highest BCUT2D eigenvalue weighted by Crippen LogP contribution is 2.44. The minimum Gasteiger partial charge on any atom is -0.457 e. The number of hydrogen-bond donors (Lipinski definition) is 2. The molecule has 0 spiro atoms. The molecule has 0 bridgehead atoms. The molecule has 2 heterocycles. The standard InChI is InChI=1S/C28H29F3N2O3/c1-15-8-10-18-22(12-15)36-23-13-16(2)9-11-19(23)24(18)32-26(34)21-14-20(17-6-4-3-5-7-17)25(28(29,30)31)33-27(21)35/h6,8-13,20-21,24-25H,3-5,7,14H2,1-2H3,(H,32,34)(H,33,35). The van der Waals surface area contributed by atoms with E-state index in [4.69, 9.17) is 4.74 Å². The van der Waals surface area contributed by atoms with Crippen LogP contribution in [0.3, 0.4) is 0 Å². The fraction of sp³-hybridized carbons (Fsp3) is 0.429. The van der Waals surface area contributed by atoms with Gasteiger partial charge < -0.3 is 15.4 Å². The third kappa shape index (κ3) is 4.61. The number of amides is 2. The molecule has 8 heteroatoms. The number of fused-ring (bicyclic) bond motifs is 2. The van der Waals surface area contributed by atoms with Crippen LogP contribution in [0.5, 0.6) is 11.5 Å². The molecule has 3 aliphatic rings. The Bertz CT molecular complexity index is 1190. The van der Waals surface area contributed by atoms with E-state index in [9.17, 15) is 22.8 Å². The van der Waals surface area contributed by atoms with Crippen molar-refractivity contribution in [2.45, 2.75) is 64.2 Å². The molecule has 0 radical (unpaired) electrons. The van der Waals surface area contributed by atoms with Crippen molar-refractivity contribution in [1.29, 1.82) is 0 Å². The Morgan fingerprint density at radius 1 is 1.03 bits per heavy atom. The molecule has 2 amide bonds. The van der Waals surface area contributed by atoms with Crippen molar-refractivity contribution >= 4 is 11.8 Å². The molecule has 2 aromatic carbocycles. The average molecular weight is 499 g/mol. The molecule has 1 aliphatic carbocycles. The van der Waals surface area contributed by atoms with Crippen LogP contribution in [-0.2, 0) is 9.59 Å². The Hall–Kier alpha value is -3.29. The number of allylic oxidation sites excluding steroid dienone is 1. The van der Waals surface area contributed by atoms with Gasteiger partial charge in [0, 0.05) is 17.0 Å². The second-order valence-corrected chi connectivity index (χ2v) is 10.1. The molecule has 1 saturated heterocycles. The van der Waals surface area contributed by atoms with E-state index in [0.29, 0.717) is 23.5 Å². The monoisotopic (exact) mass is 498 g/mol. The predicted molar refractivity (Wildman–Crippen MR) is 129 cm³/mol. The number of piperidine rings is 1. The van der Waals surface area contributed by atoms with Crippen LogP contribution in [-0.4, -0.2) is 24.0 Å². The minimum absolute atomic E-state index is 0.168. The molecule has 2 aliphatic heterocycles. The van der Waals surface area contributed by atoms with E-state index in [1.165, 1.54) is 0 Å².